The molecule has 0 spiro atoms. The van der Waals surface area contributed by atoms with Crippen molar-refractivity contribution in [2.24, 2.45) is 11.8 Å². The van der Waals surface area contributed by atoms with E-state index in [1.807, 2.05) is 0 Å². The van der Waals surface area contributed by atoms with Crippen molar-refractivity contribution in [1.82, 2.24) is 0 Å². The van der Waals surface area contributed by atoms with Crippen LogP contribution < -0.4 is 24.3 Å². The first kappa shape index (κ1) is 37.7. The third-order valence-corrected chi connectivity index (χ3v) is 14.4. The molecular weight excluding hydrogens is 651 g/mol. The van der Waals surface area contributed by atoms with E-state index in [4.69, 9.17) is 18.9 Å². The summed E-state index contributed by atoms with van der Waals surface area (Å²) in [6.45, 7) is 16.7. The van der Waals surface area contributed by atoms with Crippen molar-refractivity contribution in [2.45, 2.75) is 155 Å². The van der Waals surface area contributed by atoms with Gasteiger partial charge in [0.05, 0.1) is 35.5 Å². The molecule has 6 heteroatoms. The fourth-order valence-corrected chi connectivity index (χ4v) is 13.4. The Morgan fingerprint density at radius 1 is 0.510 bits per heavy atom. The number of Topliss-reactive ketones (excluding diaryl/α,β-unsaturated/α-hetero) is 1. The minimum absolute atomic E-state index is 0.00798. The molecule has 3 aliphatic rings. The van der Waals surface area contributed by atoms with Crippen LogP contribution in [0.25, 0.3) is 22.3 Å². The molecule has 3 aromatic rings. The van der Waals surface area contributed by atoms with E-state index in [0.29, 0.717) is 41.8 Å². The highest BCUT2D eigenvalue weighted by molar-refractivity contribution is 7.68. The predicted molar refractivity (Wildman–Crippen MR) is 213 cm³/mol. The van der Waals surface area contributed by atoms with E-state index in [1.165, 1.54) is 67.8 Å². The lowest BCUT2D eigenvalue weighted by atomic mass is 9.93. The largest absolute Gasteiger partial charge is 0.490 e. The van der Waals surface area contributed by atoms with Crippen LogP contribution >= 0.6 is 7.92 Å². The van der Waals surface area contributed by atoms with E-state index in [0.717, 1.165) is 34.1 Å². The Hall–Kier alpha value is -3.04. The Morgan fingerprint density at radius 3 is 1.14 bits per heavy atom. The summed E-state index contributed by atoms with van der Waals surface area (Å²) in [7, 11) is -0.805. The molecular formula is C45H61O5P. The molecule has 0 bridgehead atoms. The fourth-order valence-electron chi connectivity index (χ4n) is 8.98. The summed E-state index contributed by atoms with van der Waals surface area (Å²) >= 11 is 0. The second kappa shape index (κ2) is 16.7. The highest BCUT2D eigenvalue weighted by Gasteiger charge is 2.47. The number of carbonyl (C=O) groups excluding carboxylic acids is 1. The van der Waals surface area contributed by atoms with Gasteiger partial charge in [0.25, 0.3) is 0 Å². The molecule has 3 aromatic carbocycles. The van der Waals surface area contributed by atoms with Crippen LogP contribution in [0.4, 0.5) is 0 Å². The quantitative estimate of drug-likeness (QED) is 0.165. The third-order valence-electron chi connectivity index (χ3n) is 10.7. The summed E-state index contributed by atoms with van der Waals surface area (Å²) in [5, 5.41) is 1.37. The lowest BCUT2D eigenvalue weighted by Gasteiger charge is -2.45. The van der Waals surface area contributed by atoms with Crippen LogP contribution in [0.2, 0.25) is 0 Å². The third kappa shape index (κ3) is 8.62. The molecule has 51 heavy (non-hydrogen) atoms. The van der Waals surface area contributed by atoms with Crippen LogP contribution in [0.1, 0.15) is 120 Å². The summed E-state index contributed by atoms with van der Waals surface area (Å²) < 4.78 is 26.6. The summed E-state index contributed by atoms with van der Waals surface area (Å²) in [5.41, 5.74) is 5.05. The van der Waals surface area contributed by atoms with Crippen LogP contribution in [0.15, 0.2) is 54.6 Å². The molecule has 1 heterocycles. The number of ether oxygens (including phenoxy) is 4. The summed E-state index contributed by atoms with van der Waals surface area (Å²) in [6.07, 6.45) is 11.3. The molecule has 6 rings (SSSR count). The van der Waals surface area contributed by atoms with Gasteiger partial charge in [-0.1, -0.05) is 63.9 Å². The lowest BCUT2D eigenvalue weighted by Crippen LogP contribution is -2.39. The van der Waals surface area contributed by atoms with Gasteiger partial charge in [0.2, 0.25) is 0 Å². The summed E-state index contributed by atoms with van der Waals surface area (Å²) in [5.74, 6) is 4.95. The van der Waals surface area contributed by atoms with E-state index in [2.05, 4.69) is 110 Å². The molecule has 1 aliphatic heterocycles. The van der Waals surface area contributed by atoms with Crippen LogP contribution in [-0.4, -0.2) is 41.5 Å². The predicted octanol–water partition coefficient (Wildman–Crippen LogP) is 11.8. The van der Waals surface area contributed by atoms with Crippen molar-refractivity contribution >= 4 is 19.0 Å². The van der Waals surface area contributed by atoms with Crippen molar-refractivity contribution in [3.8, 4) is 45.3 Å². The first-order valence-corrected chi connectivity index (χ1v) is 21.4. The zero-order valence-corrected chi connectivity index (χ0v) is 33.3. The molecule has 2 aliphatic carbocycles. The van der Waals surface area contributed by atoms with Crippen LogP contribution in [-0.2, 0) is 4.79 Å². The van der Waals surface area contributed by atoms with Crippen molar-refractivity contribution in [2.75, 3.05) is 0 Å². The van der Waals surface area contributed by atoms with Gasteiger partial charge in [-0.15, -0.1) is 0 Å². The standard InChI is InChI=1S/C45H61O5P/c1-28(2)47-37-22-14-23-38(48-29(3)4)43(37)35-20-13-21-36(44-39(49-30(5)6)24-15-25-40(44)50-31(7)8)45(35)51-41(32-16-9-10-17-32)26-34(46)27-42(51)33-18-11-12-19-33/h13-15,20-25,28-33,41-42H,9-12,16-19,26-27H2,1-8H3. The van der Waals surface area contributed by atoms with Crippen molar-refractivity contribution < 1.29 is 23.7 Å². The minimum atomic E-state index is -0.805. The van der Waals surface area contributed by atoms with Crippen LogP contribution in [0, 0.1) is 11.8 Å². The highest BCUT2D eigenvalue weighted by Crippen LogP contribution is 2.63. The maximum Gasteiger partial charge on any atom is 0.134 e. The molecule has 0 amide bonds. The number of hydrogen-bond donors (Lipinski definition) is 0. The SMILES string of the molecule is CC(C)Oc1cccc(OC(C)C)c1-c1cccc(-c2c(OC(C)C)cccc2OC(C)C)c1P1C(C2CCCC2)CC(=O)CC1C1CCCC1. The van der Waals surface area contributed by atoms with Gasteiger partial charge in [0.1, 0.15) is 28.8 Å². The van der Waals surface area contributed by atoms with Gasteiger partial charge in [0.15, 0.2) is 0 Å². The van der Waals surface area contributed by atoms with Gasteiger partial charge in [-0.2, -0.15) is 0 Å². The van der Waals surface area contributed by atoms with Crippen molar-refractivity contribution in [3.63, 3.8) is 0 Å². The van der Waals surface area contributed by atoms with Crippen molar-refractivity contribution in [1.29, 1.82) is 0 Å². The average Bonchev–Trinajstić information content (AvgIpc) is 3.79. The first-order valence-electron chi connectivity index (χ1n) is 19.9. The Kier molecular flexibility index (Phi) is 12.4. The molecule has 2 atom stereocenters. The van der Waals surface area contributed by atoms with Crippen LogP contribution in [0.5, 0.6) is 23.0 Å². The Bertz CT molecular complexity index is 1460. The first-order chi connectivity index (χ1) is 24.5. The zero-order valence-electron chi connectivity index (χ0n) is 32.4. The molecule has 0 radical (unpaired) electrons. The van der Waals surface area contributed by atoms with Gasteiger partial charge in [-0.05, 0) is 145 Å². The Balaban J connectivity index is 1.73. The molecule has 0 N–H and O–H groups in total. The number of ketones is 1. The second-order valence-electron chi connectivity index (χ2n) is 16.2. The molecule has 2 unspecified atom stereocenters. The maximum absolute atomic E-state index is 13.9. The molecule has 3 fully saturated rings. The van der Waals surface area contributed by atoms with E-state index < -0.39 is 7.92 Å². The van der Waals surface area contributed by atoms with E-state index in [9.17, 15) is 4.79 Å². The van der Waals surface area contributed by atoms with E-state index in [-0.39, 0.29) is 24.4 Å². The Labute approximate surface area is 308 Å². The number of rotatable bonds is 13. The van der Waals surface area contributed by atoms with E-state index in [1.54, 1.807) is 0 Å². The molecule has 2 saturated carbocycles. The molecule has 1 saturated heterocycles. The zero-order chi connectivity index (χ0) is 36.2. The topological polar surface area (TPSA) is 54.0 Å². The smallest absolute Gasteiger partial charge is 0.134 e. The monoisotopic (exact) mass is 712 g/mol. The normalized spacial score (nSPS) is 21.7. The van der Waals surface area contributed by atoms with E-state index >= 15 is 0 Å². The summed E-state index contributed by atoms with van der Waals surface area (Å²) in [4.78, 5) is 13.9. The molecule has 276 valence electrons. The number of benzene rings is 3. The molecule has 0 aromatic heterocycles. The number of carbonyl (C=O) groups is 1. The number of hydrogen-bond acceptors (Lipinski definition) is 5. The molecule has 5 nitrogen and oxygen atoms in total. The van der Waals surface area contributed by atoms with Crippen LogP contribution in [0.3, 0.4) is 0 Å². The van der Waals surface area contributed by atoms with Gasteiger partial charge in [-0.25, -0.2) is 0 Å². The van der Waals surface area contributed by atoms with Gasteiger partial charge < -0.3 is 18.9 Å². The average molecular weight is 713 g/mol. The summed E-state index contributed by atoms with van der Waals surface area (Å²) in [6, 6.07) is 19.3. The highest BCUT2D eigenvalue weighted by atomic mass is 31.1. The van der Waals surface area contributed by atoms with Gasteiger partial charge >= 0.3 is 0 Å². The Morgan fingerprint density at radius 2 is 0.824 bits per heavy atom. The van der Waals surface area contributed by atoms with Gasteiger partial charge in [0, 0.05) is 12.8 Å². The lowest BCUT2D eigenvalue weighted by molar-refractivity contribution is -0.119. The van der Waals surface area contributed by atoms with Gasteiger partial charge in [-0.3, -0.25) is 4.79 Å². The second-order valence-corrected chi connectivity index (χ2v) is 18.8. The van der Waals surface area contributed by atoms with Crippen molar-refractivity contribution in [3.05, 3.63) is 54.6 Å². The minimum Gasteiger partial charge on any atom is -0.490 e. The fraction of sp³-hybridized carbons (Fsp3) is 0.578. The maximum atomic E-state index is 13.9.